The van der Waals surface area contributed by atoms with Gasteiger partial charge in [-0.2, -0.15) is 0 Å². The van der Waals surface area contributed by atoms with Crippen molar-refractivity contribution < 1.29 is 9.90 Å². The number of carbonyl (C=O) groups is 1. The Labute approximate surface area is 103 Å². The van der Waals surface area contributed by atoms with Crippen LogP contribution >= 0.6 is 0 Å². The van der Waals surface area contributed by atoms with Crippen molar-refractivity contribution in [3.63, 3.8) is 0 Å². The molecule has 1 saturated heterocycles. The summed E-state index contributed by atoms with van der Waals surface area (Å²) in [6.45, 7) is 10.4. The zero-order valence-electron chi connectivity index (χ0n) is 10.3. The largest absolute Gasteiger partial charge is 0.393 e. The number of rotatable bonds is 6. The highest BCUT2D eigenvalue weighted by atomic mass is 16.3. The van der Waals surface area contributed by atoms with Gasteiger partial charge in [-0.05, 0) is 12.8 Å². The van der Waals surface area contributed by atoms with Crippen LogP contribution in [0.15, 0.2) is 25.3 Å². The van der Waals surface area contributed by atoms with E-state index in [0.717, 1.165) is 25.9 Å². The lowest BCUT2D eigenvalue weighted by molar-refractivity contribution is -0.132. The van der Waals surface area contributed by atoms with Crippen molar-refractivity contribution in [2.75, 3.05) is 32.7 Å². The zero-order chi connectivity index (χ0) is 12.7. The monoisotopic (exact) mass is 238 g/mol. The Kier molecular flexibility index (Phi) is 5.94. The van der Waals surface area contributed by atoms with Gasteiger partial charge in [0.25, 0.3) is 0 Å². The molecule has 1 aliphatic rings. The van der Waals surface area contributed by atoms with Crippen LogP contribution in [-0.4, -0.2) is 59.6 Å². The minimum atomic E-state index is -0.196. The molecule has 1 fully saturated rings. The average molecular weight is 238 g/mol. The number of piperidine rings is 1. The second kappa shape index (κ2) is 7.25. The van der Waals surface area contributed by atoms with Crippen LogP contribution in [0.2, 0.25) is 0 Å². The maximum absolute atomic E-state index is 12.0. The number of nitrogens with zero attached hydrogens (tertiary/aromatic N) is 2. The topological polar surface area (TPSA) is 43.8 Å². The van der Waals surface area contributed by atoms with Crippen LogP contribution in [0.25, 0.3) is 0 Å². The molecule has 0 aliphatic carbocycles. The first-order chi connectivity index (χ1) is 8.17. The molecule has 96 valence electrons. The van der Waals surface area contributed by atoms with Crippen molar-refractivity contribution in [1.29, 1.82) is 0 Å². The summed E-state index contributed by atoms with van der Waals surface area (Å²) in [5, 5.41) is 9.39. The highest BCUT2D eigenvalue weighted by Gasteiger charge is 2.20. The number of amides is 1. The van der Waals surface area contributed by atoms with Crippen molar-refractivity contribution in [2.24, 2.45) is 0 Å². The molecule has 1 amide bonds. The molecule has 1 heterocycles. The third kappa shape index (κ3) is 4.71. The van der Waals surface area contributed by atoms with Gasteiger partial charge in [-0.15, -0.1) is 13.2 Å². The minimum absolute atomic E-state index is 0.0983. The number of hydrogen-bond acceptors (Lipinski definition) is 3. The molecule has 1 aliphatic heterocycles. The first-order valence-electron chi connectivity index (χ1n) is 6.07. The van der Waals surface area contributed by atoms with Crippen LogP contribution in [0, 0.1) is 0 Å². The smallest absolute Gasteiger partial charge is 0.237 e. The molecule has 0 bridgehead atoms. The Morgan fingerprint density at radius 3 is 2.29 bits per heavy atom. The van der Waals surface area contributed by atoms with Crippen molar-refractivity contribution in [2.45, 2.75) is 18.9 Å². The third-order valence-electron chi connectivity index (χ3n) is 2.97. The van der Waals surface area contributed by atoms with Gasteiger partial charge >= 0.3 is 0 Å². The molecule has 0 aromatic heterocycles. The van der Waals surface area contributed by atoms with Gasteiger partial charge in [0.15, 0.2) is 0 Å². The van der Waals surface area contributed by atoms with Gasteiger partial charge in [-0.1, -0.05) is 12.2 Å². The van der Waals surface area contributed by atoms with Gasteiger partial charge in [-0.3, -0.25) is 9.69 Å². The zero-order valence-corrected chi connectivity index (χ0v) is 10.3. The number of carbonyl (C=O) groups excluding carboxylic acids is 1. The lowest BCUT2D eigenvalue weighted by Crippen LogP contribution is -2.44. The fourth-order valence-electron chi connectivity index (χ4n) is 1.96. The lowest BCUT2D eigenvalue weighted by atomic mass is 10.1. The molecule has 1 N–H and O–H groups in total. The molecular formula is C13H22N2O2. The van der Waals surface area contributed by atoms with Crippen LogP contribution in [0.5, 0.6) is 0 Å². The Hall–Kier alpha value is -1.13. The van der Waals surface area contributed by atoms with Gasteiger partial charge in [0.2, 0.25) is 5.91 Å². The molecule has 0 saturated carbocycles. The molecule has 4 heteroatoms. The normalized spacial score (nSPS) is 17.7. The highest BCUT2D eigenvalue weighted by molar-refractivity contribution is 5.78. The molecule has 0 aromatic carbocycles. The van der Waals surface area contributed by atoms with Crippen molar-refractivity contribution >= 4 is 5.91 Å². The van der Waals surface area contributed by atoms with Crippen LogP contribution < -0.4 is 0 Å². The first-order valence-corrected chi connectivity index (χ1v) is 6.07. The summed E-state index contributed by atoms with van der Waals surface area (Å²) in [6, 6.07) is 0. The van der Waals surface area contributed by atoms with Crippen LogP contribution in [0.3, 0.4) is 0 Å². The van der Waals surface area contributed by atoms with E-state index in [-0.39, 0.29) is 12.0 Å². The third-order valence-corrected chi connectivity index (χ3v) is 2.97. The molecule has 0 radical (unpaired) electrons. The SMILES string of the molecule is C=CCN(CC=C)C(=O)CN1CCC(O)CC1. The highest BCUT2D eigenvalue weighted by Crippen LogP contribution is 2.09. The van der Waals surface area contributed by atoms with E-state index in [1.54, 1.807) is 17.1 Å². The quantitative estimate of drug-likeness (QED) is 0.691. The number of aliphatic hydroxyl groups excluding tert-OH is 1. The van der Waals surface area contributed by atoms with E-state index >= 15 is 0 Å². The number of hydrogen-bond donors (Lipinski definition) is 1. The molecule has 4 nitrogen and oxygen atoms in total. The summed E-state index contributed by atoms with van der Waals surface area (Å²) in [5.74, 6) is 0.0983. The van der Waals surface area contributed by atoms with E-state index in [4.69, 9.17) is 0 Å². The van der Waals surface area contributed by atoms with Gasteiger partial charge < -0.3 is 10.0 Å². The molecule has 0 unspecified atom stereocenters. The predicted molar refractivity (Wildman–Crippen MR) is 68.7 cm³/mol. The van der Waals surface area contributed by atoms with Crippen LogP contribution in [0.1, 0.15) is 12.8 Å². The Balaban J connectivity index is 2.40. The molecule has 0 spiro atoms. The maximum Gasteiger partial charge on any atom is 0.237 e. The summed E-state index contributed by atoms with van der Waals surface area (Å²) in [6.07, 6.45) is 4.77. The molecular weight excluding hydrogens is 216 g/mol. The second-order valence-corrected chi connectivity index (χ2v) is 4.38. The van der Waals surface area contributed by atoms with Crippen molar-refractivity contribution in [3.05, 3.63) is 25.3 Å². The van der Waals surface area contributed by atoms with E-state index in [1.165, 1.54) is 0 Å². The van der Waals surface area contributed by atoms with E-state index in [0.29, 0.717) is 19.6 Å². The van der Waals surface area contributed by atoms with Crippen molar-refractivity contribution in [3.8, 4) is 0 Å². The average Bonchev–Trinajstić information content (AvgIpc) is 2.32. The minimum Gasteiger partial charge on any atom is -0.393 e. The summed E-state index contributed by atoms with van der Waals surface area (Å²) < 4.78 is 0. The van der Waals surface area contributed by atoms with E-state index in [1.807, 2.05) is 0 Å². The maximum atomic E-state index is 12.0. The number of aliphatic hydroxyl groups is 1. The van der Waals surface area contributed by atoms with E-state index in [2.05, 4.69) is 18.1 Å². The summed E-state index contributed by atoms with van der Waals surface area (Å²) in [4.78, 5) is 15.8. The molecule has 0 atom stereocenters. The summed E-state index contributed by atoms with van der Waals surface area (Å²) >= 11 is 0. The first kappa shape index (κ1) is 13.9. The van der Waals surface area contributed by atoms with Gasteiger partial charge in [0, 0.05) is 26.2 Å². The van der Waals surface area contributed by atoms with Crippen molar-refractivity contribution in [1.82, 2.24) is 9.80 Å². The molecule has 0 aromatic rings. The molecule has 17 heavy (non-hydrogen) atoms. The number of likely N-dealkylation sites (tertiary alicyclic amines) is 1. The fourth-order valence-corrected chi connectivity index (χ4v) is 1.96. The lowest BCUT2D eigenvalue weighted by Gasteiger charge is -2.30. The van der Waals surface area contributed by atoms with Crippen LogP contribution in [-0.2, 0) is 4.79 Å². The Morgan fingerprint density at radius 1 is 1.29 bits per heavy atom. The molecule has 1 rings (SSSR count). The van der Waals surface area contributed by atoms with Gasteiger partial charge in [-0.25, -0.2) is 0 Å². The van der Waals surface area contributed by atoms with E-state index < -0.39 is 0 Å². The Bertz CT molecular complexity index is 261. The second-order valence-electron chi connectivity index (χ2n) is 4.38. The Morgan fingerprint density at radius 2 is 1.82 bits per heavy atom. The summed E-state index contributed by atoms with van der Waals surface area (Å²) in [7, 11) is 0. The predicted octanol–water partition coefficient (Wildman–Crippen LogP) is 0.644. The van der Waals surface area contributed by atoms with Gasteiger partial charge in [0.05, 0.1) is 12.6 Å². The van der Waals surface area contributed by atoms with Crippen LogP contribution in [0.4, 0.5) is 0 Å². The van der Waals surface area contributed by atoms with Gasteiger partial charge in [0.1, 0.15) is 0 Å². The van der Waals surface area contributed by atoms with E-state index in [9.17, 15) is 9.90 Å². The summed E-state index contributed by atoms with van der Waals surface area (Å²) in [5.41, 5.74) is 0. The fraction of sp³-hybridized carbons (Fsp3) is 0.615. The standard InChI is InChI=1S/C13H22N2O2/c1-3-7-15(8-4-2)13(17)11-14-9-5-12(16)6-10-14/h3-4,12,16H,1-2,5-11H2.